The van der Waals surface area contributed by atoms with Gasteiger partial charge in [0.2, 0.25) is 10.0 Å². The summed E-state index contributed by atoms with van der Waals surface area (Å²) in [6, 6.07) is -0.156. The van der Waals surface area contributed by atoms with Gasteiger partial charge in [0.25, 0.3) is 0 Å². The van der Waals surface area contributed by atoms with E-state index in [1.165, 1.54) is 12.4 Å². The van der Waals surface area contributed by atoms with Gasteiger partial charge in [0.15, 0.2) is 0 Å². The monoisotopic (exact) mass is 218 g/mol. The van der Waals surface area contributed by atoms with Crippen molar-refractivity contribution in [1.82, 2.24) is 14.9 Å². The Morgan fingerprint density at radius 3 is 2.93 bits per heavy atom. The molecular formula is C7H14N4O2S. The minimum absolute atomic E-state index is 0.126. The third-order valence-electron chi connectivity index (χ3n) is 1.84. The molecule has 1 rings (SSSR count). The Bertz CT molecular complexity index is 359. The van der Waals surface area contributed by atoms with E-state index in [2.05, 4.69) is 14.9 Å². The van der Waals surface area contributed by atoms with Crippen LogP contribution in [0.2, 0.25) is 0 Å². The van der Waals surface area contributed by atoms with Gasteiger partial charge in [-0.3, -0.25) is 5.10 Å². The Morgan fingerprint density at radius 2 is 2.43 bits per heavy atom. The normalized spacial score (nSPS) is 14.1. The van der Waals surface area contributed by atoms with Crippen molar-refractivity contribution in [2.45, 2.75) is 24.3 Å². The molecule has 6 nitrogen and oxygen atoms in total. The molecule has 0 saturated carbocycles. The zero-order valence-electron chi connectivity index (χ0n) is 7.90. The van der Waals surface area contributed by atoms with Crippen LogP contribution in [0.3, 0.4) is 0 Å². The average Bonchev–Trinajstić information content (AvgIpc) is 2.67. The van der Waals surface area contributed by atoms with Crippen molar-refractivity contribution in [3.63, 3.8) is 0 Å². The minimum Gasteiger partial charge on any atom is -0.327 e. The molecular weight excluding hydrogens is 204 g/mol. The number of nitrogens with zero attached hydrogens (tertiary/aromatic N) is 1. The quantitative estimate of drug-likeness (QED) is 0.615. The van der Waals surface area contributed by atoms with Crippen molar-refractivity contribution in [2.24, 2.45) is 5.73 Å². The number of nitrogens with one attached hydrogen (secondary N) is 2. The zero-order chi connectivity index (χ0) is 10.6. The third-order valence-corrected chi connectivity index (χ3v) is 3.23. The van der Waals surface area contributed by atoms with Crippen molar-refractivity contribution in [1.29, 1.82) is 0 Å². The number of aromatic nitrogens is 2. The van der Waals surface area contributed by atoms with E-state index in [4.69, 9.17) is 5.73 Å². The number of nitrogens with two attached hydrogens (primary N) is 1. The van der Waals surface area contributed by atoms with Crippen LogP contribution >= 0.6 is 0 Å². The second kappa shape index (κ2) is 4.54. The van der Waals surface area contributed by atoms with E-state index in [0.29, 0.717) is 0 Å². The van der Waals surface area contributed by atoms with Gasteiger partial charge in [0.05, 0.1) is 6.20 Å². The molecule has 0 radical (unpaired) electrons. The van der Waals surface area contributed by atoms with Gasteiger partial charge in [0.1, 0.15) is 4.90 Å². The van der Waals surface area contributed by atoms with Crippen LogP contribution in [0.15, 0.2) is 17.3 Å². The van der Waals surface area contributed by atoms with Gasteiger partial charge in [-0.25, -0.2) is 13.1 Å². The molecule has 0 aliphatic heterocycles. The predicted molar refractivity (Wildman–Crippen MR) is 52.0 cm³/mol. The van der Waals surface area contributed by atoms with Gasteiger partial charge in [-0.2, -0.15) is 5.10 Å². The number of sulfonamides is 1. The molecule has 1 aromatic heterocycles. The summed E-state index contributed by atoms with van der Waals surface area (Å²) in [5, 5.41) is 6.00. The van der Waals surface area contributed by atoms with Crippen LogP contribution in [0, 0.1) is 0 Å². The number of rotatable bonds is 5. The number of hydrogen-bond donors (Lipinski definition) is 3. The third kappa shape index (κ3) is 2.79. The maximum atomic E-state index is 11.5. The summed E-state index contributed by atoms with van der Waals surface area (Å²) >= 11 is 0. The lowest BCUT2D eigenvalue weighted by atomic mass is 10.2. The van der Waals surface area contributed by atoms with Crippen molar-refractivity contribution in [2.75, 3.05) is 6.54 Å². The number of hydrogen-bond acceptors (Lipinski definition) is 4. The predicted octanol–water partition coefficient (Wildman–Crippen LogP) is -0.575. The maximum Gasteiger partial charge on any atom is 0.243 e. The standard InChI is InChI=1S/C7H14N4O2S/c1-2-6(8)3-11-14(12,13)7-4-9-10-5-7/h4-6,11H,2-3,8H2,1H3,(H,9,10). The molecule has 0 aromatic carbocycles. The molecule has 0 spiro atoms. The first-order valence-electron chi connectivity index (χ1n) is 4.30. The van der Waals surface area contributed by atoms with Gasteiger partial charge in [-0.1, -0.05) is 6.92 Å². The smallest absolute Gasteiger partial charge is 0.243 e. The molecule has 1 aromatic rings. The van der Waals surface area contributed by atoms with Crippen LogP contribution in [0.4, 0.5) is 0 Å². The van der Waals surface area contributed by atoms with Gasteiger partial charge in [0, 0.05) is 18.8 Å². The molecule has 1 unspecified atom stereocenters. The first kappa shape index (κ1) is 11.2. The topological polar surface area (TPSA) is 101 Å². The van der Waals surface area contributed by atoms with Crippen LogP contribution in [-0.2, 0) is 10.0 Å². The molecule has 4 N–H and O–H groups in total. The lowest BCUT2D eigenvalue weighted by molar-refractivity contribution is 0.564. The van der Waals surface area contributed by atoms with E-state index < -0.39 is 10.0 Å². The molecule has 1 atom stereocenters. The Morgan fingerprint density at radius 1 is 1.71 bits per heavy atom. The fourth-order valence-corrected chi connectivity index (χ4v) is 1.83. The van der Waals surface area contributed by atoms with Crippen LogP contribution in [0.5, 0.6) is 0 Å². The van der Waals surface area contributed by atoms with Crippen molar-refractivity contribution in [3.8, 4) is 0 Å². The lowest BCUT2D eigenvalue weighted by Crippen LogP contribution is -2.36. The molecule has 0 aliphatic rings. The Kier molecular flexibility index (Phi) is 3.62. The molecule has 80 valence electrons. The summed E-state index contributed by atoms with van der Waals surface area (Å²) in [5.74, 6) is 0. The van der Waals surface area contributed by atoms with Crippen LogP contribution in [0.25, 0.3) is 0 Å². The summed E-state index contributed by atoms with van der Waals surface area (Å²) < 4.78 is 25.4. The average molecular weight is 218 g/mol. The minimum atomic E-state index is -3.45. The number of H-pyrrole nitrogens is 1. The summed E-state index contributed by atoms with van der Waals surface area (Å²) in [6.45, 7) is 2.14. The Labute approximate surface area is 82.9 Å². The fourth-order valence-electron chi connectivity index (χ4n) is 0.830. The SMILES string of the molecule is CCC(N)CNS(=O)(=O)c1cn[nH]c1. The first-order valence-corrected chi connectivity index (χ1v) is 5.78. The van der Waals surface area contributed by atoms with E-state index in [9.17, 15) is 8.42 Å². The van der Waals surface area contributed by atoms with E-state index >= 15 is 0 Å². The highest BCUT2D eigenvalue weighted by Crippen LogP contribution is 2.03. The molecule has 7 heteroatoms. The van der Waals surface area contributed by atoms with Crippen LogP contribution < -0.4 is 10.5 Å². The summed E-state index contributed by atoms with van der Waals surface area (Å²) in [7, 11) is -3.45. The van der Waals surface area contributed by atoms with Crippen molar-refractivity contribution in [3.05, 3.63) is 12.4 Å². The first-order chi connectivity index (χ1) is 6.56. The Balaban J connectivity index is 2.60. The zero-order valence-corrected chi connectivity index (χ0v) is 8.71. The second-order valence-corrected chi connectivity index (χ2v) is 4.72. The maximum absolute atomic E-state index is 11.5. The van der Waals surface area contributed by atoms with E-state index in [1.54, 1.807) is 0 Å². The van der Waals surface area contributed by atoms with Gasteiger partial charge < -0.3 is 5.73 Å². The number of aromatic amines is 1. The highest BCUT2D eigenvalue weighted by atomic mass is 32.2. The lowest BCUT2D eigenvalue weighted by Gasteiger charge is -2.09. The van der Waals surface area contributed by atoms with Crippen LogP contribution in [-0.4, -0.2) is 31.2 Å². The molecule has 0 amide bonds. The Hall–Kier alpha value is -0.920. The largest absolute Gasteiger partial charge is 0.327 e. The van der Waals surface area contributed by atoms with Gasteiger partial charge >= 0.3 is 0 Å². The molecule has 14 heavy (non-hydrogen) atoms. The molecule has 0 bridgehead atoms. The molecule has 0 fully saturated rings. The molecule has 0 aliphatic carbocycles. The van der Waals surface area contributed by atoms with Gasteiger partial charge in [-0.15, -0.1) is 0 Å². The van der Waals surface area contributed by atoms with Crippen molar-refractivity contribution >= 4 is 10.0 Å². The van der Waals surface area contributed by atoms with E-state index in [-0.39, 0.29) is 17.5 Å². The molecule has 0 saturated heterocycles. The fraction of sp³-hybridized carbons (Fsp3) is 0.571. The van der Waals surface area contributed by atoms with Crippen LogP contribution in [0.1, 0.15) is 13.3 Å². The molecule has 1 heterocycles. The highest BCUT2D eigenvalue weighted by molar-refractivity contribution is 7.89. The second-order valence-electron chi connectivity index (χ2n) is 2.95. The van der Waals surface area contributed by atoms with Gasteiger partial charge in [-0.05, 0) is 6.42 Å². The highest BCUT2D eigenvalue weighted by Gasteiger charge is 2.15. The summed E-state index contributed by atoms with van der Waals surface area (Å²) in [6.07, 6.45) is 3.30. The van der Waals surface area contributed by atoms with E-state index in [0.717, 1.165) is 6.42 Å². The summed E-state index contributed by atoms with van der Waals surface area (Å²) in [4.78, 5) is 0.126. The summed E-state index contributed by atoms with van der Waals surface area (Å²) in [5.41, 5.74) is 5.58. The van der Waals surface area contributed by atoms with Crippen molar-refractivity contribution < 1.29 is 8.42 Å². The van der Waals surface area contributed by atoms with E-state index in [1.807, 2.05) is 6.92 Å².